The van der Waals surface area contributed by atoms with Crippen LogP contribution in [-0.2, 0) is 9.53 Å². The Balaban J connectivity index is 1.39. The minimum absolute atomic E-state index is 0.132. The van der Waals surface area contributed by atoms with E-state index in [1.807, 2.05) is 0 Å². The van der Waals surface area contributed by atoms with Gasteiger partial charge < -0.3 is 9.84 Å². The van der Waals surface area contributed by atoms with Gasteiger partial charge in [-0.25, -0.2) is 0 Å². The van der Waals surface area contributed by atoms with Gasteiger partial charge in [-0.05, 0) is 43.9 Å². The molecular formula is C15H25NO3. The largest absolute Gasteiger partial charge is 0.481 e. The minimum Gasteiger partial charge on any atom is -0.481 e. The lowest BCUT2D eigenvalue weighted by Crippen LogP contribution is -2.45. The Morgan fingerprint density at radius 3 is 2.53 bits per heavy atom. The molecule has 4 nitrogen and oxygen atoms in total. The molecule has 3 fully saturated rings. The summed E-state index contributed by atoms with van der Waals surface area (Å²) in [5.41, 5.74) is 0. The van der Waals surface area contributed by atoms with E-state index in [1.165, 1.54) is 25.7 Å². The number of nitrogens with zero attached hydrogens (tertiary/aromatic N) is 1. The smallest absolute Gasteiger partial charge is 0.305 e. The molecule has 0 aromatic carbocycles. The molecule has 0 radical (unpaired) electrons. The summed E-state index contributed by atoms with van der Waals surface area (Å²) in [5, 5.41) is 8.60. The predicted octanol–water partition coefficient (Wildman–Crippen LogP) is 2.13. The summed E-state index contributed by atoms with van der Waals surface area (Å²) in [7, 11) is 0. The molecule has 4 heteroatoms. The normalized spacial score (nSPS) is 35.9. The van der Waals surface area contributed by atoms with Crippen LogP contribution in [-0.4, -0.2) is 47.8 Å². The fraction of sp³-hybridized carbons (Fsp3) is 0.933. The number of fused-ring (bicyclic) bond motifs is 2. The van der Waals surface area contributed by atoms with Gasteiger partial charge >= 0.3 is 5.97 Å². The van der Waals surface area contributed by atoms with Crippen molar-refractivity contribution in [1.82, 2.24) is 4.90 Å². The Morgan fingerprint density at radius 2 is 1.95 bits per heavy atom. The highest BCUT2D eigenvalue weighted by Crippen LogP contribution is 2.47. The number of carbonyl (C=O) groups is 1. The fourth-order valence-electron chi connectivity index (χ4n) is 4.35. The lowest BCUT2D eigenvalue weighted by Gasteiger charge is -2.39. The van der Waals surface area contributed by atoms with Crippen LogP contribution >= 0.6 is 0 Å². The van der Waals surface area contributed by atoms with Gasteiger partial charge in [-0.15, -0.1) is 0 Å². The molecular weight excluding hydrogens is 242 g/mol. The molecule has 1 saturated heterocycles. The first kappa shape index (κ1) is 13.4. The van der Waals surface area contributed by atoms with Gasteiger partial charge in [0, 0.05) is 19.1 Å². The summed E-state index contributed by atoms with van der Waals surface area (Å²) < 4.78 is 5.66. The number of rotatable bonds is 5. The SMILES string of the molecule is O=C(O)CCOC1CCN(C2CC3CCC2C3)CC1. The van der Waals surface area contributed by atoms with E-state index < -0.39 is 5.97 Å². The van der Waals surface area contributed by atoms with Crippen molar-refractivity contribution in [3.8, 4) is 0 Å². The molecule has 108 valence electrons. The van der Waals surface area contributed by atoms with E-state index in [1.54, 1.807) is 0 Å². The fourth-order valence-corrected chi connectivity index (χ4v) is 4.35. The standard InChI is InChI=1S/C15H25NO3/c17-15(18)5-8-19-13-3-6-16(7-4-13)14-10-11-1-2-12(14)9-11/h11-14H,1-10H2,(H,17,18). The molecule has 0 aromatic heterocycles. The third kappa shape index (κ3) is 3.11. The lowest BCUT2D eigenvalue weighted by atomic mass is 9.92. The van der Waals surface area contributed by atoms with Crippen LogP contribution in [0.5, 0.6) is 0 Å². The van der Waals surface area contributed by atoms with Gasteiger partial charge in [0.25, 0.3) is 0 Å². The molecule has 0 aromatic rings. The summed E-state index contributed by atoms with van der Waals surface area (Å²) in [5.74, 6) is 1.22. The lowest BCUT2D eigenvalue weighted by molar-refractivity contribution is -0.138. The number of hydrogen-bond acceptors (Lipinski definition) is 3. The van der Waals surface area contributed by atoms with Crippen molar-refractivity contribution in [2.24, 2.45) is 11.8 Å². The van der Waals surface area contributed by atoms with Crippen molar-refractivity contribution in [2.45, 2.75) is 57.1 Å². The topological polar surface area (TPSA) is 49.8 Å². The molecule has 2 saturated carbocycles. The van der Waals surface area contributed by atoms with Crippen LogP contribution in [0.25, 0.3) is 0 Å². The predicted molar refractivity (Wildman–Crippen MR) is 72.0 cm³/mol. The molecule has 2 aliphatic carbocycles. The summed E-state index contributed by atoms with van der Waals surface area (Å²) >= 11 is 0. The molecule has 1 heterocycles. The first-order valence-corrected chi connectivity index (χ1v) is 7.80. The third-order valence-corrected chi connectivity index (χ3v) is 5.32. The first-order chi connectivity index (χ1) is 9.22. The molecule has 1 aliphatic heterocycles. The second-order valence-electron chi connectivity index (χ2n) is 6.49. The van der Waals surface area contributed by atoms with Gasteiger partial charge in [0.05, 0.1) is 19.1 Å². The molecule has 19 heavy (non-hydrogen) atoms. The van der Waals surface area contributed by atoms with Crippen LogP contribution in [0.15, 0.2) is 0 Å². The number of piperidine rings is 1. The Bertz CT molecular complexity index is 325. The minimum atomic E-state index is -0.764. The molecule has 0 spiro atoms. The molecule has 3 rings (SSSR count). The average molecular weight is 267 g/mol. The van der Waals surface area contributed by atoms with E-state index in [0.29, 0.717) is 6.61 Å². The van der Waals surface area contributed by atoms with Crippen LogP contribution in [0.2, 0.25) is 0 Å². The van der Waals surface area contributed by atoms with Crippen molar-refractivity contribution in [3.05, 3.63) is 0 Å². The summed E-state index contributed by atoms with van der Waals surface area (Å²) in [6, 6.07) is 0.846. The van der Waals surface area contributed by atoms with E-state index in [0.717, 1.165) is 43.8 Å². The Labute approximate surface area is 115 Å². The second kappa shape index (κ2) is 5.80. The summed E-state index contributed by atoms with van der Waals surface area (Å²) in [4.78, 5) is 13.1. The van der Waals surface area contributed by atoms with E-state index in [9.17, 15) is 4.79 Å². The number of carboxylic acids is 1. The summed E-state index contributed by atoms with van der Waals surface area (Å²) in [6.07, 6.45) is 8.39. The maximum Gasteiger partial charge on any atom is 0.305 e. The van der Waals surface area contributed by atoms with Crippen molar-refractivity contribution >= 4 is 5.97 Å². The zero-order valence-electron chi connectivity index (χ0n) is 11.6. The molecule has 3 unspecified atom stereocenters. The van der Waals surface area contributed by atoms with Gasteiger partial charge in [0.15, 0.2) is 0 Å². The molecule has 2 bridgehead atoms. The van der Waals surface area contributed by atoms with Gasteiger partial charge in [-0.1, -0.05) is 6.42 Å². The highest BCUT2D eigenvalue weighted by atomic mass is 16.5. The van der Waals surface area contributed by atoms with Crippen molar-refractivity contribution in [3.63, 3.8) is 0 Å². The van der Waals surface area contributed by atoms with Gasteiger partial charge in [-0.2, -0.15) is 0 Å². The van der Waals surface area contributed by atoms with Crippen LogP contribution < -0.4 is 0 Å². The molecule has 3 atom stereocenters. The second-order valence-corrected chi connectivity index (χ2v) is 6.49. The van der Waals surface area contributed by atoms with E-state index in [-0.39, 0.29) is 12.5 Å². The van der Waals surface area contributed by atoms with Gasteiger partial charge in [-0.3, -0.25) is 9.69 Å². The number of carboxylic acid groups (broad SMARTS) is 1. The summed E-state index contributed by atoms with van der Waals surface area (Å²) in [6.45, 7) is 2.66. The van der Waals surface area contributed by atoms with Crippen LogP contribution in [0.3, 0.4) is 0 Å². The Morgan fingerprint density at radius 1 is 1.16 bits per heavy atom. The van der Waals surface area contributed by atoms with E-state index >= 15 is 0 Å². The van der Waals surface area contributed by atoms with Gasteiger partial charge in [0.1, 0.15) is 0 Å². The molecule has 0 amide bonds. The highest BCUT2D eigenvalue weighted by molar-refractivity contribution is 5.66. The van der Waals surface area contributed by atoms with Crippen molar-refractivity contribution in [2.75, 3.05) is 19.7 Å². The third-order valence-electron chi connectivity index (χ3n) is 5.32. The number of ether oxygens (including phenoxy) is 1. The maximum atomic E-state index is 10.5. The monoisotopic (exact) mass is 267 g/mol. The quantitative estimate of drug-likeness (QED) is 0.829. The van der Waals surface area contributed by atoms with Crippen LogP contribution in [0.1, 0.15) is 44.9 Å². The maximum absolute atomic E-state index is 10.5. The number of hydrogen-bond donors (Lipinski definition) is 1. The van der Waals surface area contributed by atoms with E-state index in [2.05, 4.69) is 4.90 Å². The number of aliphatic carboxylic acids is 1. The van der Waals surface area contributed by atoms with E-state index in [4.69, 9.17) is 9.84 Å². The zero-order valence-corrected chi connectivity index (χ0v) is 11.6. The number of likely N-dealkylation sites (tertiary alicyclic amines) is 1. The highest BCUT2D eigenvalue weighted by Gasteiger charge is 2.42. The molecule has 3 aliphatic rings. The Kier molecular flexibility index (Phi) is 4.08. The molecule has 1 N–H and O–H groups in total. The van der Waals surface area contributed by atoms with Crippen molar-refractivity contribution < 1.29 is 14.6 Å². The van der Waals surface area contributed by atoms with Gasteiger partial charge in [0.2, 0.25) is 0 Å². The first-order valence-electron chi connectivity index (χ1n) is 7.80. The average Bonchev–Trinajstić information content (AvgIpc) is 3.01. The van der Waals surface area contributed by atoms with Crippen LogP contribution in [0, 0.1) is 11.8 Å². The zero-order chi connectivity index (χ0) is 13.2. The van der Waals surface area contributed by atoms with Crippen molar-refractivity contribution in [1.29, 1.82) is 0 Å². The Hall–Kier alpha value is -0.610. The van der Waals surface area contributed by atoms with Crippen LogP contribution in [0.4, 0.5) is 0 Å².